The standard InChI is InChI=1S/C13H7Br2N3O4/c14-6-1-4(2-7(15)10(6)20)18-8(19)3-5-9(11(18)16)13(22)17-12(5)21/h1-3,20H,16H2,(H,17,21,22). The van der Waals surface area contributed by atoms with Gasteiger partial charge < -0.3 is 10.8 Å². The number of carbonyl (C=O) groups excluding carboxylic acids is 2. The minimum Gasteiger partial charge on any atom is -0.506 e. The van der Waals surface area contributed by atoms with E-state index in [1.807, 2.05) is 0 Å². The number of benzene rings is 1. The Kier molecular flexibility index (Phi) is 3.33. The Morgan fingerprint density at radius 3 is 2.23 bits per heavy atom. The number of amides is 2. The Morgan fingerprint density at radius 2 is 1.64 bits per heavy atom. The van der Waals surface area contributed by atoms with Gasteiger partial charge in [0.2, 0.25) is 0 Å². The number of aromatic nitrogens is 1. The number of anilines is 1. The van der Waals surface area contributed by atoms with Gasteiger partial charge in [0.05, 0.1) is 25.8 Å². The van der Waals surface area contributed by atoms with Gasteiger partial charge in [0.25, 0.3) is 17.4 Å². The van der Waals surface area contributed by atoms with Crippen LogP contribution in [0.2, 0.25) is 0 Å². The van der Waals surface area contributed by atoms with Crippen molar-refractivity contribution < 1.29 is 14.7 Å². The average Bonchev–Trinajstić information content (AvgIpc) is 2.71. The number of nitrogens with two attached hydrogens (primary N) is 1. The Morgan fingerprint density at radius 1 is 1.05 bits per heavy atom. The molecule has 0 atom stereocenters. The van der Waals surface area contributed by atoms with Crippen LogP contribution in [0.3, 0.4) is 0 Å². The van der Waals surface area contributed by atoms with Gasteiger partial charge in [-0.25, -0.2) is 0 Å². The Bertz CT molecular complexity index is 897. The molecular formula is C13H7Br2N3O4. The van der Waals surface area contributed by atoms with Crippen LogP contribution < -0.4 is 16.6 Å². The summed E-state index contributed by atoms with van der Waals surface area (Å²) in [5.74, 6) is -1.48. The molecule has 3 rings (SSSR count). The summed E-state index contributed by atoms with van der Waals surface area (Å²) < 4.78 is 1.76. The maximum atomic E-state index is 12.3. The first-order valence-electron chi connectivity index (χ1n) is 5.91. The SMILES string of the molecule is Nc1c2c(cc(=O)n1-c1cc(Br)c(O)c(Br)c1)C(=O)NC2=O. The summed E-state index contributed by atoms with van der Waals surface area (Å²) in [4.78, 5) is 35.6. The molecule has 0 radical (unpaired) electrons. The summed E-state index contributed by atoms with van der Waals surface area (Å²) >= 11 is 6.32. The van der Waals surface area contributed by atoms with Crippen LogP contribution in [-0.2, 0) is 0 Å². The van der Waals surface area contributed by atoms with E-state index in [9.17, 15) is 19.5 Å². The number of pyridine rings is 1. The van der Waals surface area contributed by atoms with Crippen molar-refractivity contribution in [1.29, 1.82) is 0 Å². The molecule has 0 bridgehead atoms. The quantitative estimate of drug-likeness (QED) is 0.596. The second-order valence-electron chi connectivity index (χ2n) is 4.53. The van der Waals surface area contributed by atoms with E-state index >= 15 is 0 Å². The average molecular weight is 429 g/mol. The van der Waals surface area contributed by atoms with Gasteiger partial charge in [0.15, 0.2) is 0 Å². The molecule has 0 unspecified atom stereocenters. The van der Waals surface area contributed by atoms with Gasteiger partial charge in [-0.15, -0.1) is 0 Å². The van der Waals surface area contributed by atoms with Crippen molar-refractivity contribution in [2.75, 3.05) is 5.73 Å². The van der Waals surface area contributed by atoms with Crippen molar-refractivity contribution >= 4 is 49.5 Å². The monoisotopic (exact) mass is 427 g/mol. The fourth-order valence-electron chi connectivity index (χ4n) is 2.23. The first-order chi connectivity index (χ1) is 10.3. The number of imide groups is 1. The van der Waals surface area contributed by atoms with Crippen LogP contribution in [0.4, 0.5) is 5.82 Å². The summed E-state index contributed by atoms with van der Waals surface area (Å²) in [6.45, 7) is 0. The molecule has 0 saturated carbocycles. The zero-order valence-corrected chi connectivity index (χ0v) is 13.9. The molecule has 1 aromatic carbocycles. The summed E-state index contributed by atoms with van der Waals surface area (Å²) in [5.41, 5.74) is 5.60. The van der Waals surface area contributed by atoms with Crippen LogP contribution >= 0.6 is 31.9 Å². The van der Waals surface area contributed by atoms with Gasteiger partial charge in [0, 0.05) is 6.07 Å². The van der Waals surface area contributed by atoms with Gasteiger partial charge >= 0.3 is 0 Å². The Labute approximate surface area is 140 Å². The van der Waals surface area contributed by atoms with E-state index in [-0.39, 0.29) is 22.7 Å². The lowest BCUT2D eigenvalue weighted by molar-refractivity contribution is 0.0880. The van der Waals surface area contributed by atoms with Crippen molar-refractivity contribution in [1.82, 2.24) is 9.88 Å². The molecule has 1 aliphatic rings. The van der Waals surface area contributed by atoms with E-state index in [1.165, 1.54) is 12.1 Å². The van der Waals surface area contributed by atoms with E-state index < -0.39 is 17.4 Å². The highest BCUT2D eigenvalue weighted by Crippen LogP contribution is 2.35. The first kappa shape index (κ1) is 14.8. The molecule has 7 nitrogen and oxygen atoms in total. The zero-order chi connectivity index (χ0) is 16.2. The lowest BCUT2D eigenvalue weighted by atomic mass is 10.1. The summed E-state index contributed by atoms with van der Waals surface area (Å²) in [5, 5.41) is 11.8. The maximum Gasteiger partial charge on any atom is 0.262 e. The number of nitrogens with zero attached hydrogens (tertiary/aromatic N) is 1. The Balaban J connectivity index is 2.35. The van der Waals surface area contributed by atoms with Crippen molar-refractivity contribution in [3.8, 4) is 11.4 Å². The normalized spacial score (nSPS) is 13.2. The molecule has 0 fully saturated rings. The van der Waals surface area contributed by atoms with Crippen LogP contribution in [0.15, 0.2) is 31.9 Å². The number of nitrogens with one attached hydrogen (secondary N) is 1. The highest BCUT2D eigenvalue weighted by molar-refractivity contribution is 9.11. The second-order valence-corrected chi connectivity index (χ2v) is 6.24. The van der Waals surface area contributed by atoms with Crippen LogP contribution in [0.5, 0.6) is 5.75 Å². The molecule has 112 valence electrons. The van der Waals surface area contributed by atoms with E-state index in [4.69, 9.17) is 5.73 Å². The molecule has 0 aliphatic carbocycles. The molecule has 2 aromatic rings. The number of phenols is 1. The smallest absolute Gasteiger partial charge is 0.262 e. The van der Waals surface area contributed by atoms with Crippen molar-refractivity contribution in [2.24, 2.45) is 0 Å². The van der Waals surface area contributed by atoms with Gasteiger partial charge in [0.1, 0.15) is 11.6 Å². The fraction of sp³-hybridized carbons (Fsp3) is 0. The maximum absolute atomic E-state index is 12.3. The number of fused-ring (bicyclic) bond motifs is 1. The number of nitrogen functional groups attached to an aromatic ring is 1. The van der Waals surface area contributed by atoms with E-state index in [0.717, 1.165) is 10.6 Å². The second kappa shape index (κ2) is 4.96. The van der Waals surface area contributed by atoms with Gasteiger partial charge in [-0.3, -0.25) is 24.3 Å². The molecule has 1 aromatic heterocycles. The molecule has 9 heteroatoms. The third kappa shape index (κ3) is 2.04. The van der Waals surface area contributed by atoms with Gasteiger partial charge in [-0.2, -0.15) is 0 Å². The number of phenolic OH excluding ortho intramolecular Hbond substituents is 1. The minimum atomic E-state index is -0.650. The van der Waals surface area contributed by atoms with Crippen molar-refractivity contribution in [3.05, 3.63) is 48.6 Å². The molecule has 0 saturated heterocycles. The van der Waals surface area contributed by atoms with Crippen molar-refractivity contribution in [2.45, 2.75) is 0 Å². The molecule has 22 heavy (non-hydrogen) atoms. The third-order valence-corrected chi connectivity index (χ3v) is 4.42. The summed E-state index contributed by atoms with van der Waals surface area (Å²) in [6.07, 6.45) is 0. The predicted octanol–water partition coefficient (Wildman–Crippen LogP) is 1.53. The van der Waals surface area contributed by atoms with Crippen LogP contribution in [0.25, 0.3) is 5.69 Å². The topological polar surface area (TPSA) is 114 Å². The van der Waals surface area contributed by atoms with Crippen LogP contribution in [0, 0.1) is 0 Å². The lowest BCUT2D eigenvalue weighted by Gasteiger charge is -2.13. The van der Waals surface area contributed by atoms with Crippen LogP contribution in [-0.4, -0.2) is 21.5 Å². The molecule has 1 aliphatic heterocycles. The van der Waals surface area contributed by atoms with Crippen molar-refractivity contribution in [3.63, 3.8) is 0 Å². The van der Waals surface area contributed by atoms with Gasteiger partial charge in [-0.1, -0.05) is 0 Å². The van der Waals surface area contributed by atoms with Gasteiger partial charge in [-0.05, 0) is 44.0 Å². The molecule has 0 spiro atoms. The molecular weight excluding hydrogens is 422 g/mol. The highest BCUT2D eigenvalue weighted by atomic mass is 79.9. The minimum absolute atomic E-state index is 0.0371. The molecule has 4 N–H and O–H groups in total. The summed E-state index contributed by atoms with van der Waals surface area (Å²) in [6, 6.07) is 4.00. The molecule has 2 heterocycles. The lowest BCUT2D eigenvalue weighted by Crippen LogP contribution is -2.24. The number of rotatable bonds is 1. The highest BCUT2D eigenvalue weighted by Gasteiger charge is 2.31. The van der Waals surface area contributed by atoms with E-state index in [2.05, 4.69) is 37.2 Å². The number of hydrogen-bond donors (Lipinski definition) is 3. The fourth-order valence-corrected chi connectivity index (χ4v) is 3.39. The number of carbonyl (C=O) groups is 2. The number of aromatic hydroxyl groups is 1. The van der Waals surface area contributed by atoms with Crippen LogP contribution in [0.1, 0.15) is 20.7 Å². The molecule has 2 amide bonds. The van der Waals surface area contributed by atoms with E-state index in [0.29, 0.717) is 14.6 Å². The Hall–Kier alpha value is -2.13. The summed E-state index contributed by atoms with van der Waals surface area (Å²) in [7, 11) is 0. The predicted molar refractivity (Wildman–Crippen MR) is 85.3 cm³/mol. The zero-order valence-electron chi connectivity index (χ0n) is 10.7. The first-order valence-corrected chi connectivity index (χ1v) is 7.49. The van der Waals surface area contributed by atoms with E-state index in [1.54, 1.807) is 0 Å². The number of halogens is 2. The number of hydrogen-bond acceptors (Lipinski definition) is 5. The largest absolute Gasteiger partial charge is 0.506 e. The third-order valence-electron chi connectivity index (χ3n) is 3.21.